The molecule has 0 aromatic carbocycles. The van der Waals surface area contributed by atoms with Gasteiger partial charge >= 0.3 is 5.97 Å². The molecule has 5 fully saturated rings. The molecule has 2 N–H and O–H groups in total. The van der Waals surface area contributed by atoms with Crippen molar-refractivity contribution in [3.05, 3.63) is 12.2 Å². The molecule has 1 amide bonds. The summed E-state index contributed by atoms with van der Waals surface area (Å²) in [6, 6.07) is 0. The Hall–Kier alpha value is -1.65. The molecule has 1 heterocycles. The molecule has 0 aromatic heterocycles. The average Bonchev–Trinajstić information content (AvgIpc) is 3.36. The Bertz CT molecular complexity index is 1080. The summed E-state index contributed by atoms with van der Waals surface area (Å²) in [5.41, 5.74) is 4.77. The van der Waals surface area contributed by atoms with Crippen LogP contribution in [0.1, 0.15) is 99.3 Å². The molecule has 6 rings (SSSR count). The van der Waals surface area contributed by atoms with Gasteiger partial charge in [0.25, 0.3) is 0 Å². The van der Waals surface area contributed by atoms with Crippen LogP contribution in [0.4, 0.5) is 0 Å². The Morgan fingerprint density at radius 1 is 0.972 bits per heavy atom. The summed E-state index contributed by atoms with van der Waals surface area (Å²) in [7, 11) is 0. The molecular formula is C31H46N2O3. The van der Waals surface area contributed by atoms with Gasteiger partial charge in [0.1, 0.15) is 0 Å². The van der Waals surface area contributed by atoms with Gasteiger partial charge in [-0.05, 0) is 111 Å². The maximum absolute atomic E-state index is 12.9. The SMILES string of the molecule is C=C(C)[C@@H]1CC[C@]2(C(=O)O)CC[C@]3(C)[C@H](CC[C@@H]4[C@@]5(C)CC6C(=O)NN=C6C(C)(C)[C@@H]5CC[C@]43C)[C@@H]12. The molecule has 36 heavy (non-hydrogen) atoms. The quantitative estimate of drug-likeness (QED) is 0.434. The Morgan fingerprint density at radius 3 is 2.36 bits per heavy atom. The Morgan fingerprint density at radius 2 is 1.69 bits per heavy atom. The Kier molecular flexibility index (Phi) is 4.97. The van der Waals surface area contributed by atoms with E-state index in [-0.39, 0.29) is 39.4 Å². The average molecular weight is 495 g/mol. The second kappa shape index (κ2) is 7.26. The second-order valence-corrected chi connectivity index (χ2v) is 15.1. The summed E-state index contributed by atoms with van der Waals surface area (Å²) < 4.78 is 0. The number of carbonyl (C=O) groups is 2. The Labute approximate surface area is 216 Å². The van der Waals surface area contributed by atoms with Crippen LogP contribution in [0.25, 0.3) is 0 Å². The first kappa shape index (κ1) is 24.7. The predicted molar refractivity (Wildman–Crippen MR) is 141 cm³/mol. The van der Waals surface area contributed by atoms with Gasteiger partial charge in [0.15, 0.2) is 0 Å². The van der Waals surface area contributed by atoms with E-state index in [1.807, 2.05) is 0 Å². The van der Waals surface area contributed by atoms with Gasteiger partial charge in [-0.15, -0.1) is 0 Å². The lowest BCUT2D eigenvalue weighted by Gasteiger charge is -2.72. The summed E-state index contributed by atoms with van der Waals surface area (Å²) in [6.07, 6.45) is 9.13. The highest BCUT2D eigenvalue weighted by atomic mass is 16.4. The van der Waals surface area contributed by atoms with Crippen molar-refractivity contribution in [2.24, 2.45) is 67.7 Å². The molecule has 5 saturated carbocycles. The zero-order chi connectivity index (χ0) is 26.1. The Balaban J connectivity index is 1.42. The largest absolute Gasteiger partial charge is 0.481 e. The van der Waals surface area contributed by atoms with E-state index in [2.05, 4.69) is 58.6 Å². The molecule has 0 saturated heterocycles. The van der Waals surface area contributed by atoms with Gasteiger partial charge in [-0.2, -0.15) is 5.10 Å². The number of hydrogen-bond donors (Lipinski definition) is 2. The van der Waals surface area contributed by atoms with Crippen LogP contribution in [-0.4, -0.2) is 22.7 Å². The maximum atomic E-state index is 12.9. The van der Waals surface area contributed by atoms with Crippen LogP contribution in [0, 0.1) is 62.6 Å². The summed E-state index contributed by atoms with van der Waals surface area (Å²) >= 11 is 0. The van der Waals surface area contributed by atoms with Crippen molar-refractivity contribution in [1.29, 1.82) is 0 Å². The van der Waals surface area contributed by atoms with Crippen molar-refractivity contribution < 1.29 is 14.7 Å². The first-order chi connectivity index (χ1) is 16.7. The fourth-order valence-corrected chi connectivity index (χ4v) is 12.1. The highest BCUT2D eigenvalue weighted by Gasteiger charge is 2.72. The van der Waals surface area contributed by atoms with E-state index in [4.69, 9.17) is 0 Å². The first-order valence-electron chi connectivity index (χ1n) is 14.5. The number of hydrazone groups is 1. The van der Waals surface area contributed by atoms with Crippen molar-refractivity contribution in [2.75, 3.05) is 0 Å². The van der Waals surface area contributed by atoms with Crippen LogP contribution in [-0.2, 0) is 9.59 Å². The molecule has 198 valence electrons. The fourth-order valence-electron chi connectivity index (χ4n) is 12.1. The topological polar surface area (TPSA) is 78.8 Å². The van der Waals surface area contributed by atoms with E-state index in [9.17, 15) is 14.7 Å². The second-order valence-electron chi connectivity index (χ2n) is 15.1. The molecule has 0 radical (unpaired) electrons. The molecule has 5 heteroatoms. The standard InChI is InChI=1S/C31H46N2O3/c1-17(2)18-10-13-31(26(35)36)15-14-29(6)20(23(18)31)8-9-22-28(5)16-19-24(32-33-25(19)34)27(3,4)21(28)11-12-30(22,29)7/h18-23H,1,8-16H2,2-7H3,(H,33,34)(H,35,36)/t18-,19?,20+,21-,22+,23+,28-,29+,30+,31-/m0/s1. The van der Waals surface area contributed by atoms with Crippen LogP contribution in [0.15, 0.2) is 17.3 Å². The number of aliphatic carboxylic acids is 1. The molecule has 10 atom stereocenters. The van der Waals surface area contributed by atoms with Crippen molar-refractivity contribution in [2.45, 2.75) is 99.3 Å². The third-order valence-electron chi connectivity index (χ3n) is 13.9. The van der Waals surface area contributed by atoms with E-state index in [0.717, 1.165) is 57.1 Å². The highest BCUT2D eigenvalue weighted by Crippen LogP contribution is 2.77. The zero-order valence-corrected chi connectivity index (χ0v) is 23.2. The van der Waals surface area contributed by atoms with Gasteiger partial charge in [-0.3, -0.25) is 9.59 Å². The lowest BCUT2D eigenvalue weighted by atomic mass is 9.32. The van der Waals surface area contributed by atoms with E-state index in [0.29, 0.717) is 23.7 Å². The smallest absolute Gasteiger partial charge is 0.309 e. The van der Waals surface area contributed by atoms with E-state index >= 15 is 0 Å². The van der Waals surface area contributed by atoms with Crippen molar-refractivity contribution >= 4 is 17.6 Å². The minimum atomic E-state index is -0.571. The van der Waals surface area contributed by atoms with Gasteiger partial charge in [-0.1, -0.05) is 46.8 Å². The molecule has 5 nitrogen and oxygen atoms in total. The summed E-state index contributed by atoms with van der Waals surface area (Å²) in [4.78, 5) is 25.7. The molecule has 0 aromatic rings. The molecule has 0 bridgehead atoms. The molecule has 1 unspecified atom stereocenters. The third-order valence-corrected chi connectivity index (χ3v) is 13.9. The number of nitrogens with zero attached hydrogens (tertiary/aromatic N) is 1. The van der Waals surface area contributed by atoms with Crippen LogP contribution >= 0.6 is 0 Å². The van der Waals surface area contributed by atoms with Crippen LogP contribution < -0.4 is 5.43 Å². The highest BCUT2D eigenvalue weighted by molar-refractivity contribution is 6.11. The number of fused-ring (bicyclic) bond motifs is 8. The number of carboxylic acid groups (broad SMARTS) is 1. The van der Waals surface area contributed by atoms with Crippen LogP contribution in [0.2, 0.25) is 0 Å². The van der Waals surface area contributed by atoms with Gasteiger partial charge < -0.3 is 5.11 Å². The monoisotopic (exact) mass is 494 g/mol. The third kappa shape index (κ3) is 2.66. The summed E-state index contributed by atoms with van der Waals surface area (Å²) in [5.74, 6) is 1.45. The van der Waals surface area contributed by atoms with Crippen molar-refractivity contribution in [3.8, 4) is 0 Å². The van der Waals surface area contributed by atoms with Gasteiger partial charge in [0.2, 0.25) is 5.91 Å². The van der Waals surface area contributed by atoms with Gasteiger partial charge in [-0.25, -0.2) is 5.43 Å². The van der Waals surface area contributed by atoms with Crippen molar-refractivity contribution in [1.82, 2.24) is 5.43 Å². The number of nitrogens with one attached hydrogen (secondary N) is 1. The summed E-state index contributed by atoms with van der Waals surface area (Å²) in [5, 5.41) is 15.1. The van der Waals surface area contributed by atoms with E-state index in [1.54, 1.807) is 0 Å². The fraction of sp³-hybridized carbons (Fsp3) is 0.839. The first-order valence-corrected chi connectivity index (χ1v) is 14.5. The minimum absolute atomic E-state index is 0.0839. The normalized spacial score (nSPS) is 52.6. The molecule has 6 aliphatic rings. The number of carboxylic acids is 1. The van der Waals surface area contributed by atoms with E-state index < -0.39 is 11.4 Å². The number of rotatable bonds is 2. The molecule has 5 aliphatic carbocycles. The maximum Gasteiger partial charge on any atom is 0.309 e. The van der Waals surface area contributed by atoms with Crippen LogP contribution in [0.5, 0.6) is 0 Å². The van der Waals surface area contributed by atoms with Gasteiger partial charge in [0, 0.05) is 5.41 Å². The number of amides is 1. The summed E-state index contributed by atoms with van der Waals surface area (Å²) in [6.45, 7) is 18.7. The molecule has 0 spiro atoms. The zero-order valence-electron chi connectivity index (χ0n) is 23.2. The van der Waals surface area contributed by atoms with Gasteiger partial charge in [0.05, 0.1) is 17.0 Å². The molecular weight excluding hydrogens is 448 g/mol. The van der Waals surface area contributed by atoms with E-state index in [1.165, 1.54) is 12.0 Å². The molecule has 1 aliphatic heterocycles. The lowest BCUT2D eigenvalue weighted by Crippen LogP contribution is -2.67. The number of carbonyl (C=O) groups excluding carboxylic acids is 1. The number of allylic oxidation sites excluding steroid dienone is 1. The predicted octanol–water partition coefficient (Wildman–Crippen LogP) is 6.44. The minimum Gasteiger partial charge on any atom is -0.481 e. The van der Waals surface area contributed by atoms with Crippen LogP contribution in [0.3, 0.4) is 0 Å². The van der Waals surface area contributed by atoms with Crippen molar-refractivity contribution in [3.63, 3.8) is 0 Å². The number of hydrogen-bond acceptors (Lipinski definition) is 3. The lowest BCUT2D eigenvalue weighted by molar-refractivity contribution is -0.231.